The first-order valence-corrected chi connectivity index (χ1v) is 6.52. The van der Waals surface area contributed by atoms with Crippen LogP contribution in [-0.2, 0) is 9.53 Å². The van der Waals surface area contributed by atoms with Gasteiger partial charge in [-0.05, 0) is 26.2 Å². The van der Waals surface area contributed by atoms with E-state index in [0.717, 1.165) is 12.8 Å². The summed E-state index contributed by atoms with van der Waals surface area (Å²) < 4.78 is 5.83. The van der Waals surface area contributed by atoms with Crippen LogP contribution < -0.4 is 5.32 Å². The SMILES string of the molecule is CC[C@@H](OC1CCCCC1)C(=O)N[C@H](C)C#N. The fraction of sp³-hybridized carbons (Fsp3) is 0.846. The average molecular weight is 238 g/mol. The number of nitrogens with zero attached hydrogens (tertiary/aromatic N) is 1. The van der Waals surface area contributed by atoms with Crippen LogP contribution in [0.1, 0.15) is 52.4 Å². The van der Waals surface area contributed by atoms with Crippen molar-refractivity contribution in [1.82, 2.24) is 5.32 Å². The molecule has 1 aliphatic rings. The fourth-order valence-electron chi connectivity index (χ4n) is 2.12. The molecular weight excluding hydrogens is 216 g/mol. The van der Waals surface area contributed by atoms with Gasteiger partial charge in [0, 0.05) is 0 Å². The van der Waals surface area contributed by atoms with Gasteiger partial charge in [-0.3, -0.25) is 4.79 Å². The summed E-state index contributed by atoms with van der Waals surface area (Å²) >= 11 is 0. The van der Waals surface area contributed by atoms with Gasteiger partial charge < -0.3 is 10.1 Å². The monoisotopic (exact) mass is 238 g/mol. The molecule has 1 N–H and O–H groups in total. The Morgan fingerprint density at radius 3 is 2.65 bits per heavy atom. The molecule has 0 aliphatic heterocycles. The second-order valence-electron chi connectivity index (χ2n) is 4.65. The van der Waals surface area contributed by atoms with E-state index in [1.807, 2.05) is 13.0 Å². The number of carbonyl (C=O) groups excluding carboxylic acids is 1. The van der Waals surface area contributed by atoms with Crippen LogP contribution in [0.4, 0.5) is 0 Å². The maximum Gasteiger partial charge on any atom is 0.250 e. The van der Waals surface area contributed by atoms with Crippen molar-refractivity contribution in [2.75, 3.05) is 0 Å². The lowest BCUT2D eigenvalue weighted by atomic mass is 9.97. The maximum atomic E-state index is 11.8. The highest BCUT2D eigenvalue weighted by Gasteiger charge is 2.24. The molecule has 17 heavy (non-hydrogen) atoms. The van der Waals surface area contributed by atoms with Crippen molar-refractivity contribution in [1.29, 1.82) is 5.26 Å². The Kier molecular flexibility index (Phi) is 5.99. The summed E-state index contributed by atoms with van der Waals surface area (Å²) in [7, 11) is 0. The first kappa shape index (κ1) is 14.0. The third-order valence-electron chi connectivity index (χ3n) is 3.12. The van der Waals surface area contributed by atoms with Crippen molar-refractivity contribution >= 4 is 5.91 Å². The molecule has 4 heteroatoms. The molecule has 0 saturated heterocycles. The van der Waals surface area contributed by atoms with Crippen LogP contribution in [0.25, 0.3) is 0 Å². The zero-order chi connectivity index (χ0) is 12.7. The number of ether oxygens (including phenoxy) is 1. The van der Waals surface area contributed by atoms with E-state index < -0.39 is 12.1 Å². The highest BCUT2D eigenvalue weighted by Crippen LogP contribution is 2.22. The molecule has 4 nitrogen and oxygen atoms in total. The molecule has 0 aromatic rings. The summed E-state index contributed by atoms with van der Waals surface area (Å²) in [5.74, 6) is -0.160. The Hall–Kier alpha value is -1.08. The number of hydrogen-bond donors (Lipinski definition) is 1. The molecule has 0 heterocycles. The van der Waals surface area contributed by atoms with Gasteiger partial charge in [0.25, 0.3) is 0 Å². The van der Waals surface area contributed by atoms with Gasteiger partial charge in [-0.1, -0.05) is 26.2 Å². The first-order chi connectivity index (χ1) is 8.17. The van der Waals surface area contributed by atoms with E-state index >= 15 is 0 Å². The number of hydrogen-bond acceptors (Lipinski definition) is 3. The topological polar surface area (TPSA) is 62.1 Å². The summed E-state index contributed by atoms with van der Waals surface area (Å²) in [4.78, 5) is 11.8. The van der Waals surface area contributed by atoms with Crippen LogP contribution in [0, 0.1) is 11.3 Å². The highest BCUT2D eigenvalue weighted by molar-refractivity contribution is 5.81. The molecule has 1 rings (SSSR count). The molecule has 1 saturated carbocycles. The molecule has 0 bridgehead atoms. The predicted octanol–water partition coefficient (Wildman–Crippen LogP) is 2.14. The molecule has 1 amide bonds. The van der Waals surface area contributed by atoms with Gasteiger partial charge in [0.15, 0.2) is 0 Å². The second kappa shape index (κ2) is 7.29. The van der Waals surface area contributed by atoms with Crippen molar-refractivity contribution in [3.8, 4) is 6.07 Å². The van der Waals surface area contributed by atoms with E-state index in [4.69, 9.17) is 10.00 Å². The van der Waals surface area contributed by atoms with E-state index in [1.165, 1.54) is 19.3 Å². The standard InChI is InChI=1S/C13H22N2O2/c1-3-12(13(16)15-10(2)9-14)17-11-7-5-4-6-8-11/h10-12H,3-8H2,1-2H3,(H,15,16)/t10-,12-/m1/s1. The smallest absolute Gasteiger partial charge is 0.250 e. The van der Waals surface area contributed by atoms with Crippen LogP contribution in [-0.4, -0.2) is 24.2 Å². The number of nitriles is 1. The van der Waals surface area contributed by atoms with Crippen molar-refractivity contribution in [2.45, 2.75) is 70.6 Å². The van der Waals surface area contributed by atoms with Gasteiger partial charge in [0.1, 0.15) is 12.1 Å². The van der Waals surface area contributed by atoms with Crippen molar-refractivity contribution in [2.24, 2.45) is 0 Å². The molecule has 1 aliphatic carbocycles. The summed E-state index contributed by atoms with van der Waals surface area (Å²) in [5, 5.41) is 11.3. The Balaban J connectivity index is 2.41. The van der Waals surface area contributed by atoms with Gasteiger partial charge in [-0.15, -0.1) is 0 Å². The Labute approximate surface area is 103 Å². The van der Waals surface area contributed by atoms with Gasteiger partial charge in [0.2, 0.25) is 5.91 Å². The minimum atomic E-state index is -0.452. The van der Waals surface area contributed by atoms with Gasteiger partial charge in [0.05, 0.1) is 12.2 Å². The van der Waals surface area contributed by atoms with Gasteiger partial charge in [-0.2, -0.15) is 5.26 Å². The number of rotatable bonds is 5. The maximum absolute atomic E-state index is 11.8. The lowest BCUT2D eigenvalue weighted by Crippen LogP contribution is -2.42. The Morgan fingerprint density at radius 1 is 1.47 bits per heavy atom. The minimum Gasteiger partial charge on any atom is -0.365 e. The average Bonchev–Trinajstić information content (AvgIpc) is 2.36. The van der Waals surface area contributed by atoms with E-state index in [-0.39, 0.29) is 12.0 Å². The lowest BCUT2D eigenvalue weighted by Gasteiger charge is -2.26. The molecule has 0 radical (unpaired) electrons. The van der Waals surface area contributed by atoms with E-state index in [2.05, 4.69) is 5.32 Å². The van der Waals surface area contributed by atoms with Crippen molar-refractivity contribution < 1.29 is 9.53 Å². The molecule has 2 atom stereocenters. The third kappa shape index (κ3) is 4.74. The van der Waals surface area contributed by atoms with Crippen molar-refractivity contribution in [3.63, 3.8) is 0 Å². The molecule has 0 unspecified atom stereocenters. The van der Waals surface area contributed by atoms with Crippen LogP contribution in [0.2, 0.25) is 0 Å². The van der Waals surface area contributed by atoms with E-state index in [0.29, 0.717) is 6.42 Å². The Bertz CT molecular complexity index is 280. The zero-order valence-electron chi connectivity index (χ0n) is 10.7. The lowest BCUT2D eigenvalue weighted by molar-refractivity contribution is -0.138. The van der Waals surface area contributed by atoms with E-state index in [9.17, 15) is 4.79 Å². The fourth-order valence-corrected chi connectivity index (χ4v) is 2.12. The van der Waals surface area contributed by atoms with Crippen LogP contribution in [0.15, 0.2) is 0 Å². The third-order valence-corrected chi connectivity index (χ3v) is 3.12. The van der Waals surface area contributed by atoms with Crippen molar-refractivity contribution in [3.05, 3.63) is 0 Å². The molecule has 0 spiro atoms. The second-order valence-corrected chi connectivity index (χ2v) is 4.65. The molecular formula is C13H22N2O2. The highest BCUT2D eigenvalue weighted by atomic mass is 16.5. The normalized spacial score (nSPS) is 20.3. The summed E-state index contributed by atoms with van der Waals surface area (Å²) in [6, 6.07) is 1.54. The molecule has 1 fully saturated rings. The van der Waals surface area contributed by atoms with Gasteiger partial charge >= 0.3 is 0 Å². The summed E-state index contributed by atoms with van der Waals surface area (Å²) in [6.45, 7) is 3.61. The molecule has 96 valence electrons. The zero-order valence-corrected chi connectivity index (χ0v) is 10.7. The van der Waals surface area contributed by atoms with E-state index in [1.54, 1.807) is 6.92 Å². The Morgan fingerprint density at radius 2 is 2.12 bits per heavy atom. The largest absolute Gasteiger partial charge is 0.365 e. The number of carbonyl (C=O) groups is 1. The number of nitrogens with one attached hydrogen (secondary N) is 1. The number of amides is 1. The minimum absolute atomic E-state index is 0.160. The first-order valence-electron chi connectivity index (χ1n) is 6.52. The van der Waals surface area contributed by atoms with Crippen LogP contribution in [0.5, 0.6) is 0 Å². The van der Waals surface area contributed by atoms with Crippen LogP contribution in [0.3, 0.4) is 0 Å². The molecule has 0 aromatic carbocycles. The van der Waals surface area contributed by atoms with Crippen LogP contribution >= 0.6 is 0 Å². The van der Waals surface area contributed by atoms with Gasteiger partial charge in [-0.25, -0.2) is 0 Å². The summed E-state index contributed by atoms with van der Waals surface area (Å²) in [6.07, 6.45) is 6.23. The quantitative estimate of drug-likeness (QED) is 0.798. The molecule has 0 aromatic heterocycles. The predicted molar refractivity (Wildman–Crippen MR) is 65.3 cm³/mol. The summed E-state index contributed by atoms with van der Waals surface area (Å²) in [5.41, 5.74) is 0.